The van der Waals surface area contributed by atoms with Crippen molar-refractivity contribution in [2.45, 2.75) is 44.6 Å². The van der Waals surface area contributed by atoms with Crippen molar-refractivity contribution < 1.29 is 4.39 Å². The molecule has 0 bridgehead atoms. The van der Waals surface area contributed by atoms with Gasteiger partial charge in [0.2, 0.25) is 0 Å². The topological polar surface area (TPSA) is 49.3 Å². The fourth-order valence-corrected chi connectivity index (χ4v) is 3.58. The summed E-state index contributed by atoms with van der Waals surface area (Å²) < 4.78 is 14.3. The quantitative estimate of drug-likeness (QED) is 0.593. The van der Waals surface area contributed by atoms with Crippen LogP contribution in [-0.4, -0.2) is 24.0 Å². The van der Waals surface area contributed by atoms with Crippen LogP contribution in [0, 0.1) is 12.7 Å². The maximum Gasteiger partial charge on any atom is 0.195 e. The molecule has 6 heteroatoms. The van der Waals surface area contributed by atoms with E-state index < -0.39 is 0 Å². The highest BCUT2D eigenvalue weighted by molar-refractivity contribution is 6.30. The zero-order valence-corrected chi connectivity index (χ0v) is 15.9. The van der Waals surface area contributed by atoms with Gasteiger partial charge in [0.1, 0.15) is 5.82 Å². The summed E-state index contributed by atoms with van der Waals surface area (Å²) in [6.07, 6.45) is 5.57. The SMILES string of the molecule is C/N=C(\Nc1ccc(Cl)cc1)NC1CCC(c2ccnc(C)c2F)CC1. The molecule has 0 amide bonds. The first-order valence-corrected chi connectivity index (χ1v) is 9.31. The minimum atomic E-state index is -0.149. The monoisotopic (exact) mass is 374 g/mol. The molecule has 26 heavy (non-hydrogen) atoms. The van der Waals surface area contributed by atoms with Crippen LogP contribution in [0.3, 0.4) is 0 Å². The Balaban J connectivity index is 1.56. The molecule has 1 saturated carbocycles. The second-order valence-corrected chi connectivity index (χ2v) is 7.13. The van der Waals surface area contributed by atoms with Gasteiger partial charge in [-0.15, -0.1) is 0 Å². The number of pyridine rings is 1. The number of nitrogens with zero attached hydrogens (tertiary/aromatic N) is 2. The molecular weight excluding hydrogens is 351 g/mol. The van der Waals surface area contributed by atoms with E-state index in [0.717, 1.165) is 42.9 Å². The first kappa shape index (κ1) is 18.6. The summed E-state index contributed by atoms with van der Waals surface area (Å²) in [6, 6.07) is 9.67. The van der Waals surface area contributed by atoms with E-state index in [1.54, 1.807) is 20.2 Å². The number of aryl methyl sites for hydroxylation is 1. The van der Waals surface area contributed by atoms with Crippen LogP contribution in [-0.2, 0) is 0 Å². The number of aromatic nitrogens is 1. The number of nitrogens with one attached hydrogen (secondary N) is 2. The first-order chi connectivity index (χ1) is 12.6. The Kier molecular flexibility index (Phi) is 6.09. The lowest BCUT2D eigenvalue weighted by atomic mass is 9.81. The van der Waals surface area contributed by atoms with Crippen LogP contribution in [0.2, 0.25) is 5.02 Å². The number of anilines is 1. The zero-order valence-electron chi connectivity index (χ0n) is 15.1. The van der Waals surface area contributed by atoms with Crippen LogP contribution in [0.5, 0.6) is 0 Å². The minimum Gasteiger partial charge on any atom is -0.353 e. The third-order valence-corrected chi connectivity index (χ3v) is 5.18. The van der Waals surface area contributed by atoms with Crippen LogP contribution in [0.4, 0.5) is 10.1 Å². The van der Waals surface area contributed by atoms with Crippen LogP contribution in [0.15, 0.2) is 41.5 Å². The number of aliphatic imine (C=N–C) groups is 1. The number of rotatable bonds is 3. The van der Waals surface area contributed by atoms with Gasteiger partial charge in [0.25, 0.3) is 0 Å². The van der Waals surface area contributed by atoms with E-state index in [9.17, 15) is 4.39 Å². The van der Waals surface area contributed by atoms with Crippen molar-refractivity contribution in [3.63, 3.8) is 0 Å². The number of guanidine groups is 1. The normalized spacial score (nSPS) is 20.7. The maximum absolute atomic E-state index is 14.3. The van der Waals surface area contributed by atoms with Gasteiger partial charge in [-0.3, -0.25) is 9.98 Å². The molecule has 1 aliphatic carbocycles. The van der Waals surface area contributed by atoms with Crippen molar-refractivity contribution in [1.82, 2.24) is 10.3 Å². The molecular formula is C20H24ClFN4. The number of halogens is 2. The van der Waals surface area contributed by atoms with Crippen LogP contribution >= 0.6 is 11.6 Å². The van der Waals surface area contributed by atoms with Crippen molar-refractivity contribution >= 4 is 23.2 Å². The van der Waals surface area contributed by atoms with E-state index in [2.05, 4.69) is 20.6 Å². The fourth-order valence-electron chi connectivity index (χ4n) is 3.45. The Bertz CT molecular complexity index is 768. The Morgan fingerprint density at radius 3 is 2.50 bits per heavy atom. The van der Waals surface area contributed by atoms with E-state index in [1.165, 1.54) is 0 Å². The molecule has 1 fully saturated rings. The van der Waals surface area contributed by atoms with Crippen molar-refractivity contribution in [2.75, 3.05) is 12.4 Å². The van der Waals surface area contributed by atoms with E-state index in [4.69, 9.17) is 11.6 Å². The van der Waals surface area contributed by atoms with E-state index in [0.29, 0.717) is 16.8 Å². The summed E-state index contributed by atoms with van der Waals surface area (Å²) in [5.41, 5.74) is 2.22. The molecule has 1 heterocycles. The molecule has 3 rings (SSSR count). The third-order valence-electron chi connectivity index (χ3n) is 4.93. The van der Waals surface area contributed by atoms with Gasteiger partial charge in [-0.2, -0.15) is 0 Å². The lowest BCUT2D eigenvalue weighted by Gasteiger charge is -2.30. The van der Waals surface area contributed by atoms with Crippen molar-refractivity contribution in [1.29, 1.82) is 0 Å². The Labute approximate surface area is 158 Å². The molecule has 1 aromatic carbocycles. The molecule has 0 saturated heterocycles. The van der Waals surface area contributed by atoms with Gasteiger partial charge in [-0.1, -0.05) is 11.6 Å². The summed E-state index contributed by atoms with van der Waals surface area (Å²) in [5.74, 6) is 0.854. The second-order valence-electron chi connectivity index (χ2n) is 6.70. The number of benzene rings is 1. The molecule has 2 aromatic rings. The molecule has 1 aliphatic rings. The average molecular weight is 375 g/mol. The fraction of sp³-hybridized carbons (Fsp3) is 0.400. The van der Waals surface area contributed by atoms with Gasteiger partial charge in [0, 0.05) is 30.0 Å². The molecule has 138 valence electrons. The van der Waals surface area contributed by atoms with Crippen LogP contribution in [0.25, 0.3) is 0 Å². The summed E-state index contributed by atoms with van der Waals surface area (Å²) in [6.45, 7) is 1.72. The highest BCUT2D eigenvalue weighted by Crippen LogP contribution is 2.34. The molecule has 0 unspecified atom stereocenters. The molecule has 1 aromatic heterocycles. The molecule has 0 spiro atoms. The highest BCUT2D eigenvalue weighted by atomic mass is 35.5. The Morgan fingerprint density at radius 2 is 1.85 bits per heavy atom. The first-order valence-electron chi connectivity index (χ1n) is 8.93. The minimum absolute atomic E-state index is 0.149. The van der Waals surface area contributed by atoms with Gasteiger partial charge < -0.3 is 10.6 Å². The Hall–Kier alpha value is -2.14. The van der Waals surface area contributed by atoms with Gasteiger partial charge in [0.05, 0.1) is 5.69 Å². The summed E-state index contributed by atoms with van der Waals surface area (Å²) in [5, 5.41) is 7.45. The van der Waals surface area contributed by atoms with Gasteiger partial charge in [-0.05, 0) is 74.4 Å². The van der Waals surface area contributed by atoms with E-state index in [-0.39, 0.29) is 11.7 Å². The van der Waals surface area contributed by atoms with Gasteiger partial charge in [0.15, 0.2) is 5.96 Å². The lowest BCUT2D eigenvalue weighted by Crippen LogP contribution is -2.41. The summed E-state index contributed by atoms with van der Waals surface area (Å²) in [7, 11) is 1.76. The van der Waals surface area contributed by atoms with Crippen molar-refractivity contribution in [3.05, 3.63) is 58.6 Å². The van der Waals surface area contributed by atoms with Crippen LogP contribution < -0.4 is 10.6 Å². The zero-order chi connectivity index (χ0) is 18.5. The van der Waals surface area contributed by atoms with Crippen molar-refractivity contribution in [2.24, 2.45) is 4.99 Å². The Morgan fingerprint density at radius 1 is 1.15 bits per heavy atom. The smallest absolute Gasteiger partial charge is 0.195 e. The molecule has 0 atom stereocenters. The van der Waals surface area contributed by atoms with E-state index in [1.807, 2.05) is 30.3 Å². The molecule has 4 nitrogen and oxygen atoms in total. The lowest BCUT2D eigenvalue weighted by molar-refractivity contribution is 0.366. The predicted octanol–water partition coefficient (Wildman–Crippen LogP) is 4.90. The van der Waals surface area contributed by atoms with Gasteiger partial charge >= 0.3 is 0 Å². The average Bonchev–Trinajstić information content (AvgIpc) is 2.66. The van der Waals surface area contributed by atoms with Crippen LogP contribution in [0.1, 0.15) is 42.9 Å². The van der Waals surface area contributed by atoms with Crippen molar-refractivity contribution in [3.8, 4) is 0 Å². The largest absolute Gasteiger partial charge is 0.353 e. The van der Waals surface area contributed by atoms with Gasteiger partial charge in [-0.25, -0.2) is 4.39 Å². The maximum atomic E-state index is 14.3. The second kappa shape index (κ2) is 8.49. The summed E-state index contributed by atoms with van der Waals surface area (Å²) in [4.78, 5) is 8.32. The third kappa shape index (κ3) is 4.52. The molecule has 0 aliphatic heterocycles. The predicted molar refractivity (Wildman–Crippen MR) is 105 cm³/mol. The molecule has 0 radical (unpaired) electrons. The summed E-state index contributed by atoms with van der Waals surface area (Å²) >= 11 is 5.92. The number of hydrogen-bond acceptors (Lipinski definition) is 2. The molecule has 2 N–H and O–H groups in total. The standard InChI is InChI=1S/C20H24ClFN4/c1-13-19(22)18(11-12-24-13)14-3-7-16(8-4-14)25-20(23-2)26-17-9-5-15(21)6-10-17/h5-6,9-12,14,16H,3-4,7-8H2,1-2H3,(H2,23,25,26). The van der Waals surface area contributed by atoms with E-state index >= 15 is 0 Å². The highest BCUT2D eigenvalue weighted by Gasteiger charge is 2.25. The number of hydrogen-bond donors (Lipinski definition) is 2.